The van der Waals surface area contributed by atoms with Gasteiger partial charge in [-0.1, -0.05) is 0 Å². The summed E-state index contributed by atoms with van der Waals surface area (Å²) in [6.07, 6.45) is 0. The Morgan fingerprint density at radius 3 is 2.06 bits per heavy atom. The third kappa shape index (κ3) is 3.69. The summed E-state index contributed by atoms with van der Waals surface area (Å²) in [5.74, 6) is -4.17. The zero-order valence-corrected chi connectivity index (χ0v) is 10.6. The smallest absolute Gasteiger partial charge is 0.246 e. The molecule has 18 heavy (non-hydrogen) atoms. The number of hydrogen-bond donors (Lipinski definition) is 2. The van der Waals surface area contributed by atoms with Gasteiger partial charge < -0.3 is 5.73 Å². The highest BCUT2D eigenvalue weighted by Crippen LogP contribution is 2.20. The minimum Gasteiger partial charge on any atom is -0.324 e. The van der Waals surface area contributed by atoms with E-state index in [-0.39, 0.29) is 6.54 Å². The van der Waals surface area contributed by atoms with Crippen molar-refractivity contribution >= 4 is 10.0 Å². The highest BCUT2D eigenvalue weighted by Gasteiger charge is 2.26. The van der Waals surface area contributed by atoms with Crippen molar-refractivity contribution in [1.82, 2.24) is 4.72 Å². The molecule has 8 heteroatoms. The second kappa shape index (κ2) is 4.87. The summed E-state index contributed by atoms with van der Waals surface area (Å²) in [7, 11) is -4.42. The lowest BCUT2D eigenvalue weighted by atomic mass is 10.1. The number of rotatable bonds is 4. The minimum atomic E-state index is -4.42. The Morgan fingerprint density at radius 1 is 1.22 bits per heavy atom. The Balaban J connectivity index is 3.14. The van der Waals surface area contributed by atoms with E-state index in [2.05, 4.69) is 0 Å². The van der Waals surface area contributed by atoms with Crippen LogP contribution in [0.2, 0.25) is 0 Å². The van der Waals surface area contributed by atoms with Gasteiger partial charge in [-0.2, -0.15) is 0 Å². The van der Waals surface area contributed by atoms with Crippen molar-refractivity contribution in [3.63, 3.8) is 0 Å². The molecular weight excluding hydrogens is 269 g/mol. The first-order chi connectivity index (χ1) is 8.03. The lowest BCUT2D eigenvalue weighted by Gasteiger charge is -2.19. The first kappa shape index (κ1) is 14.9. The largest absolute Gasteiger partial charge is 0.324 e. The van der Waals surface area contributed by atoms with Crippen LogP contribution in [0.4, 0.5) is 13.2 Å². The Kier molecular flexibility index (Phi) is 4.04. The highest BCUT2D eigenvalue weighted by atomic mass is 32.2. The lowest BCUT2D eigenvalue weighted by molar-refractivity contribution is 0.477. The Hall–Kier alpha value is -1.12. The number of sulfonamides is 1. The van der Waals surface area contributed by atoms with Gasteiger partial charge in [-0.05, 0) is 13.8 Å². The van der Waals surface area contributed by atoms with E-state index in [1.165, 1.54) is 13.8 Å². The van der Waals surface area contributed by atoms with Gasteiger partial charge in [0.25, 0.3) is 0 Å². The third-order valence-corrected chi connectivity index (χ3v) is 3.40. The molecule has 0 aromatic heterocycles. The topological polar surface area (TPSA) is 72.2 Å². The molecule has 102 valence electrons. The summed E-state index contributed by atoms with van der Waals surface area (Å²) < 4.78 is 64.5. The molecule has 0 saturated carbocycles. The molecule has 0 aliphatic heterocycles. The number of hydrogen-bond acceptors (Lipinski definition) is 3. The standard InChI is InChI=1S/C10H13F3N2O2S/c1-10(2,14)5-15-18(16,17)9-7(12)3-6(11)4-8(9)13/h3-4,15H,5,14H2,1-2H3. The molecular formula is C10H13F3N2O2S. The number of benzene rings is 1. The zero-order chi connectivity index (χ0) is 14.1. The van der Waals surface area contributed by atoms with Crippen molar-refractivity contribution in [3.05, 3.63) is 29.6 Å². The van der Waals surface area contributed by atoms with Gasteiger partial charge in [0, 0.05) is 24.2 Å². The fourth-order valence-electron chi connectivity index (χ4n) is 1.14. The Morgan fingerprint density at radius 2 is 1.67 bits per heavy atom. The molecule has 0 amide bonds. The molecule has 1 rings (SSSR count). The van der Waals surface area contributed by atoms with Gasteiger partial charge >= 0.3 is 0 Å². The molecule has 4 nitrogen and oxygen atoms in total. The van der Waals surface area contributed by atoms with E-state index in [4.69, 9.17) is 5.73 Å². The normalized spacial score (nSPS) is 12.8. The second-order valence-electron chi connectivity index (χ2n) is 4.51. The van der Waals surface area contributed by atoms with E-state index in [1.54, 1.807) is 0 Å². The number of nitrogens with one attached hydrogen (secondary N) is 1. The predicted molar refractivity (Wildman–Crippen MR) is 59.8 cm³/mol. The Labute approximate surface area is 103 Å². The quantitative estimate of drug-likeness (QED) is 0.869. The molecule has 1 aromatic carbocycles. The molecule has 0 aliphatic carbocycles. The van der Waals surface area contributed by atoms with Crippen LogP contribution in [-0.4, -0.2) is 20.5 Å². The van der Waals surface area contributed by atoms with Crippen LogP contribution in [0.3, 0.4) is 0 Å². The molecule has 0 bridgehead atoms. The maximum absolute atomic E-state index is 13.3. The molecule has 3 N–H and O–H groups in total. The molecule has 0 heterocycles. The van der Waals surface area contributed by atoms with Crippen molar-refractivity contribution < 1.29 is 21.6 Å². The maximum atomic E-state index is 13.3. The molecule has 0 spiro atoms. The van der Waals surface area contributed by atoms with Crippen LogP contribution in [-0.2, 0) is 10.0 Å². The van der Waals surface area contributed by atoms with E-state index in [1.807, 2.05) is 4.72 Å². The van der Waals surface area contributed by atoms with Crippen LogP contribution in [0.15, 0.2) is 17.0 Å². The molecule has 0 saturated heterocycles. The highest BCUT2D eigenvalue weighted by molar-refractivity contribution is 7.89. The fraction of sp³-hybridized carbons (Fsp3) is 0.400. The van der Waals surface area contributed by atoms with Crippen molar-refractivity contribution in [1.29, 1.82) is 0 Å². The van der Waals surface area contributed by atoms with E-state index in [0.29, 0.717) is 12.1 Å². The average Bonchev–Trinajstić information content (AvgIpc) is 2.11. The van der Waals surface area contributed by atoms with Crippen LogP contribution in [0.5, 0.6) is 0 Å². The molecule has 0 atom stereocenters. The average molecular weight is 282 g/mol. The number of nitrogens with two attached hydrogens (primary N) is 1. The summed E-state index contributed by atoms with van der Waals surface area (Å²) in [4.78, 5) is -1.21. The molecule has 0 radical (unpaired) electrons. The lowest BCUT2D eigenvalue weighted by Crippen LogP contribution is -2.45. The molecule has 0 fully saturated rings. The van der Waals surface area contributed by atoms with Gasteiger partial charge in [0.2, 0.25) is 10.0 Å². The summed E-state index contributed by atoms with van der Waals surface area (Å²) in [5.41, 5.74) is 4.66. The Bertz CT molecular complexity index is 530. The summed E-state index contributed by atoms with van der Waals surface area (Å²) in [6.45, 7) is 2.85. The SMILES string of the molecule is CC(C)(N)CNS(=O)(=O)c1c(F)cc(F)cc1F. The molecule has 0 unspecified atom stereocenters. The predicted octanol–water partition coefficient (Wildman–Crippen LogP) is 1.12. The van der Waals surface area contributed by atoms with Crippen LogP contribution in [0.1, 0.15) is 13.8 Å². The monoisotopic (exact) mass is 282 g/mol. The van der Waals surface area contributed by atoms with Crippen molar-refractivity contribution in [2.45, 2.75) is 24.3 Å². The second-order valence-corrected chi connectivity index (χ2v) is 6.22. The molecule has 0 aliphatic rings. The van der Waals surface area contributed by atoms with Gasteiger partial charge in [-0.25, -0.2) is 26.3 Å². The van der Waals surface area contributed by atoms with Crippen molar-refractivity contribution in [2.24, 2.45) is 5.73 Å². The van der Waals surface area contributed by atoms with E-state index in [9.17, 15) is 21.6 Å². The van der Waals surface area contributed by atoms with Gasteiger partial charge in [-0.15, -0.1) is 0 Å². The van der Waals surface area contributed by atoms with E-state index < -0.39 is 37.9 Å². The van der Waals surface area contributed by atoms with Gasteiger partial charge in [0.15, 0.2) is 4.90 Å². The van der Waals surface area contributed by atoms with Crippen LogP contribution >= 0.6 is 0 Å². The molecule has 1 aromatic rings. The summed E-state index contributed by atoms with van der Waals surface area (Å²) in [5, 5.41) is 0. The number of halogens is 3. The zero-order valence-electron chi connectivity index (χ0n) is 9.80. The fourth-order valence-corrected chi connectivity index (χ4v) is 2.48. The van der Waals surface area contributed by atoms with Gasteiger partial charge in [0.1, 0.15) is 17.5 Å². The van der Waals surface area contributed by atoms with Crippen molar-refractivity contribution in [3.8, 4) is 0 Å². The van der Waals surface area contributed by atoms with Gasteiger partial charge in [-0.3, -0.25) is 0 Å². The van der Waals surface area contributed by atoms with E-state index in [0.717, 1.165) is 0 Å². The summed E-state index contributed by atoms with van der Waals surface area (Å²) >= 11 is 0. The van der Waals surface area contributed by atoms with Crippen LogP contribution in [0.25, 0.3) is 0 Å². The summed E-state index contributed by atoms with van der Waals surface area (Å²) in [6, 6.07) is 0.594. The van der Waals surface area contributed by atoms with E-state index >= 15 is 0 Å². The first-order valence-electron chi connectivity index (χ1n) is 4.96. The maximum Gasteiger partial charge on any atom is 0.246 e. The van der Waals surface area contributed by atoms with Crippen molar-refractivity contribution in [2.75, 3.05) is 6.54 Å². The minimum absolute atomic E-state index is 0.217. The third-order valence-electron chi connectivity index (χ3n) is 1.95. The van der Waals surface area contributed by atoms with Crippen LogP contribution in [0, 0.1) is 17.5 Å². The first-order valence-corrected chi connectivity index (χ1v) is 6.44. The van der Waals surface area contributed by atoms with Gasteiger partial charge in [0.05, 0.1) is 0 Å². The van der Waals surface area contributed by atoms with Crippen LogP contribution < -0.4 is 10.5 Å².